The number of rotatable bonds is 6. The van der Waals surface area contributed by atoms with Crippen molar-refractivity contribution in [3.05, 3.63) is 5.82 Å². The topological polar surface area (TPSA) is 158 Å². The molecule has 0 spiro atoms. The molecule has 0 amide bonds. The summed E-state index contributed by atoms with van der Waals surface area (Å²) in [6.07, 6.45) is -4.83. The summed E-state index contributed by atoms with van der Waals surface area (Å²) in [6.45, 7) is 5.89. The quantitative estimate of drug-likeness (QED) is 0.423. The Morgan fingerprint density at radius 1 is 0.931 bits per heavy atom. The Balaban J connectivity index is 2.52. The molecular formula is C16H22N4O9. The van der Waals surface area contributed by atoms with Crippen molar-refractivity contribution in [2.45, 2.75) is 65.3 Å². The largest absolute Gasteiger partial charge is 0.463 e. The summed E-state index contributed by atoms with van der Waals surface area (Å²) in [5.41, 5.74) is 0. The standard InChI is InChI=1S/C16H22N4O9/c1-7-17-18-19-20(7)13-15(27-10(4)23)14(26-9(3)22)12(6-25-8(2)21)29-16(13)28-11(5)24/h12-16H,6H2,1-5H3/t12-,13-,14-,15-,16+/m1/s1. The number of tetrazole rings is 1. The van der Waals surface area contributed by atoms with Gasteiger partial charge in [0.25, 0.3) is 0 Å². The van der Waals surface area contributed by atoms with E-state index >= 15 is 0 Å². The molecule has 2 rings (SSSR count). The maximum absolute atomic E-state index is 11.8. The Labute approximate surface area is 165 Å². The minimum atomic E-state index is -1.33. The van der Waals surface area contributed by atoms with Gasteiger partial charge in [-0.1, -0.05) is 0 Å². The summed E-state index contributed by atoms with van der Waals surface area (Å²) in [7, 11) is 0. The Kier molecular flexibility index (Phi) is 7.20. The number of ether oxygens (including phenoxy) is 5. The molecule has 1 fully saturated rings. The van der Waals surface area contributed by atoms with E-state index in [1.807, 2.05) is 0 Å². The van der Waals surface area contributed by atoms with E-state index in [9.17, 15) is 19.2 Å². The van der Waals surface area contributed by atoms with Crippen molar-refractivity contribution in [3.63, 3.8) is 0 Å². The molecule has 13 nitrogen and oxygen atoms in total. The van der Waals surface area contributed by atoms with Crippen LogP contribution in [0.15, 0.2) is 0 Å². The first-order valence-corrected chi connectivity index (χ1v) is 8.65. The van der Waals surface area contributed by atoms with Crippen LogP contribution in [0.3, 0.4) is 0 Å². The highest BCUT2D eigenvalue weighted by molar-refractivity contribution is 5.68. The third-order valence-corrected chi connectivity index (χ3v) is 3.89. The van der Waals surface area contributed by atoms with Crippen LogP contribution in [-0.2, 0) is 42.9 Å². The van der Waals surface area contributed by atoms with Gasteiger partial charge < -0.3 is 23.7 Å². The van der Waals surface area contributed by atoms with Gasteiger partial charge in [-0.25, -0.2) is 4.68 Å². The van der Waals surface area contributed by atoms with Crippen LogP contribution in [0.5, 0.6) is 0 Å². The molecule has 1 aliphatic heterocycles. The van der Waals surface area contributed by atoms with Crippen LogP contribution in [0.4, 0.5) is 0 Å². The molecule has 29 heavy (non-hydrogen) atoms. The van der Waals surface area contributed by atoms with E-state index in [4.69, 9.17) is 23.7 Å². The zero-order valence-electron chi connectivity index (χ0n) is 16.6. The molecule has 2 heterocycles. The zero-order chi connectivity index (χ0) is 21.7. The fourth-order valence-corrected chi connectivity index (χ4v) is 2.92. The van der Waals surface area contributed by atoms with Gasteiger partial charge >= 0.3 is 23.9 Å². The molecule has 0 radical (unpaired) electrons. The van der Waals surface area contributed by atoms with Gasteiger partial charge in [-0.3, -0.25) is 19.2 Å². The highest BCUT2D eigenvalue weighted by atomic mass is 16.7. The van der Waals surface area contributed by atoms with Crippen LogP contribution >= 0.6 is 0 Å². The van der Waals surface area contributed by atoms with E-state index in [2.05, 4.69) is 15.5 Å². The van der Waals surface area contributed by atoms with Gasteiger partial charge in [0, 0.05) is 27.7 Å². The monoisotopic (exact) mass is 414 g/mol. The second kappa shape index (κ2) is 9.41. The molecule has 0 aliphatic carbocycles. The highest BCUT2D eigenvalue weighted by Crippen LogP contribution is 2.35. The molecule has 0 saturated carbocycles. The maximum atomic E-state index is 11.8. The number of hydrogen-bond acceptors (Lipinski definition) is 12. The predicted molar refractivity (Wildman–Crippen MR) is 89.8 cm³/mol. The molecule has 1 saturated heterocycles. The highest BCUT2D eigenvalue weighted by Gasteiger charge is 2.53. The lowest BCUT2D eigenvalue weighted by Crippen LogP contribution is -2.60. The van der Waals surface area contributed by atoms with Crippen molar-refractivity contribution in [1.29, 1.82) is 0 Å². The average molecular weight is 414 g/mol. The average Bonchev–Trinajstić information content (AvgIpc) is 3.00. The first-order chi connectivity index (χ1) is 13.6. The predicted octanol–water partition coefficient (Wildman–Crippen LogP) is -0.763. The Morgan fingerprint density at radius 2 is 1.52 bits per heavy atom. The molecule has 1 aromatic heterocycles. The van der Waals surface area contributed by atoms with E-state index in [-0.39, 0.29) is 6.61 Å². The molecule has 1 aromatic rings. The number of nitrogens with zero attached hydrogens (tertiary/aromatic N) is 4. The summed E-state index contributed by atoms with van der Waals surface area (Å²) < 4.78 is 27.9. The lowest BCUT2D eigenvalue weighted by molar-refractivity contribution is -0.280. The summed E-state index contributed by atoms with van der Waals surface area (Å²) in [6, 6.07) is -1.07. The lowest BCUT2D eigenvalue weighted by atomic mass is 9.96. The molecule has 0 unspecified atom stereocenters. The van der Waals surface area contributed by atoms with Gasteiger partial charge in [0.1, 0.15) is 18.5 Å². The fraction of sp³-hybridized carbons (Fsp3) is 0.688. The summed E-state index contributed by atoms with van der Waals surface area (Å²) >= 11 is 0. The third kappa shape index (κ3) is 5.70. The van der Waals surface area contributed by atoms with E-state index < -0.39 is 54.5 Å². The number of carbonyl (C=O) groups is 4. The van der Waals surface area contributed by atoms with Crippen molar-refractivity contribution in [3.8, 4) is 0 Å². The van der Waals surface area contributed by atoms with Gasteiger partial charge in [0.05, 0.1) is 0 Å². The molecule has 13 heteroatoms. The maximum Gasteiger partial charge on any atom is 0.305 e. The van der Waals surface area contributed by atoms with Gasteiger partial charge in [0.15, 0.2) is 18.2 Å². The van der Waals surface area contributed by atoms with Gasteiger partial charge in [0.2, 0.25) is 6.29 Å². The van der Waals surface area contributed by atoms with Crippen molar-refractivity contribution in [2.24, 2.45) is 0 Å². The van der Waals surface area contributed by atoms with E-state index in [1.54, 1.807) is 6.92 Å². The Bertz CT molecular complexity index is 780. The van der Waals surface area contributed by atoms with Crippen LogP contribution < -0.4 is 0 Å². The fourth-order valence-electron chi connectivity index (χ4n) is 2.92. The van der Waals surface area contributed by atoms with Crippen molar-refractivity contribution >= 4 is 23.9 Å². The van der Waals surface area contributed by atoms with Crippen LogP contribution in [-0.4, -0.2) is 75.3 Å². The van der Waals surface area contributed by atoms with Crippen LogP contribution in [0.1, 0.15) is 39.6 Å². The normalized spacial score (nSPS) is 26.3. The first kappa shape index (κ1) is 22.2. The molecule has 1 aliphatic rings. The van der Waals surface area contributed by atoms with E-state index in [0.29, 0.717) is 5.82 Å². The number of esters is 4. The second-order valence-corrected chi connectivity index (χ2v) is 6.26. The zero-order valence-corrected chi connectivity index (χ0v) is 16.6. The smallest absolute Gasteiger partial charge is 0.305 e. The molecule has 160 valence electrons. The van der Waals surface area contributed by atoms with Gasteiger partial charge in [-0.2, -0.15) is 0 Å². The van der Waals surface area contributed by atoms with Gasteiger partial charge in [-0.05, 0) is 17.4 Å². The first-order valence-electron chi connectivity index (χ1n) is 8.65. The third-order valence-electron chi connectivity index (χ3n) is 3.89. The summed E-state index contributed by atoms with van der Waals surface area (Å²) in [5.74, 6) is -2.39. The summed E-state index contributed by atoms with van der Waals surface area (Å²) in [5, 5.41) is 11.1. The van der Waals surface area contributed by atoms with Crippen LogP contribution in [0.2, 0.25) is 0 Å². The number of carbonyl (C=O) groups excluding carboxylic acids is 4. The molecule has 0 N–H and O–H groups in total. The second-order valence-electron chi connectivity index (χ2n) is 6.26. The molecule has 0 aromatic carbocycles. The lowest BCUT2D eigenvalue weighted by Gasteiger charge is -2.44. The Morgan fingerprint density at radius 3 is 2.00 bits per heavy atom. The molecule has 5 atom stereocenters. The van der Waals surface area contributed by atoms with Gasteiger partial charge in [-0.15, -0.1) is 5.10 Å². The number of hydrogen-bond donors (Lipinski definition) is 0. The minimum Gasteiger partial charge on any atom is -0.463 e. The van der Waals surface area contributed by atoms with Crippen molar-refractivity contribution < 1.29 is 42.9 Å². The number of aromatic nitrogens is 4. The Hall–Kier alpha value is -3.09. The molecular weight excluding hydrogens is 392 g/mol. The van der Waals surface area contributed by atoms with Crippen molar-refractivity contribution in [2.75, 3.05) is 6.61 Å². The minimum absolute atomic E-state index is 0.299. The molecule has 0 bridgehead atoms. The SMILES string of the molecule is CC(=O)OC[C@H]1O[C@H](OC(C)=O)[C@H](n2nnnc2C)[C@@H](OC(C)=O)[C@@H]1OC(C)=O. The van der Waals surface area contributed by atoms with Crippen LogP contribution in [0, 0.1) is 6.92 Å². The van der Waals surface area contributed by atoms with Crippen LogP contribution in [0.25, 0.3) is 0 Å². The van der Waals surface area contributed by atoms with E-state index in [0.717, 1.165) is 20.8 Å². The van der Waals surface area contributed by atoms with Crippen molar-refractivity contribution in [1.82, 2.24) is 20.2 Å². The van der Waals surface area contributed by atoms with E-state index in [1.165, 1.54) is 11.6 Å². The number of aryl methyl sites for hydroxylation is 1. The summed E-state index contributed by atoms with van der Waals surface area (Å²) in [4.78, 5) is 46.3.